The van der Waals surface area contributed by atoms with Crippen molar-refractivity contribution in [3.05, 3.63) is 29.6 Å². The molecule has 0 saturated carbocycles. The Kier molecular flexibility index (Phi) is 5.76. The number of benzene rings is 1. The predicted molar refractivity (Wildman–Crippen MR) is 76.5 cm³/mol. The van der Waals surface area contributed by atoms with Gasteiger partial charge in [-0.3, -0.25) is 4.90 Å². The second-order valence-corrected chi connectivity index (χ2v) is 4.99. The fourth-order valence-electron chi connectivity index (χ4n) is 2.39. The van der Waals surface area contributed by atoms with E-state index in [2.05, 4.69) is 11.8 Å². The highest BCUT2D eigenvalue weighted by molar-refractivity contribution is 5.34. The third-order valence-corrected chi connectivity index (χ3v) is 3.53. The van der Waals surface area contributed by atoms with Gasteiger partial charge in [-0.15, -0.1) is 0 Å². The van der Waals surface area contributed by atoms with Crippen LogP contribution in [0.1, 0.15) is 12.5 Å². The van der Waals surface area contributed by atoms with Gasteiger partial charge in [0.15, 0.2) is 0 Å². The van der Waals surface area contributed by atoms with Crippen molar-refractivity contribution in [2.75, 3.05) is 39.4 Å². The molecule has 2 N–H and O–H groups in total. The van der Waals surface area contributed by atoms with Gasteiger partial charge in [0.05, 0.1) is 6.61 Å². The molecule has 0 bridgehead atoms. The second-order valence-electron chi connectivity index (χ2n) is 4.99. The van der Waals surface area contributed by atoms with Crippen LogP contribution in [-0.2, 0) is 11.2 Å². The number of morpholine rings is 1. The SMILES string of the molecule is CCN1CCOC(COc2ccc(F)cc2CCN)C1. The summed E-state index contributed by atoms with van der Waals surface area (Å²) in [6.45, 7) is 6.72. The molecule has 0 amide bonds. The first-order valence-electron chi connectivity index (χ1n) is 7.18. The van der Waals surface area contributed by atoms with E-state index < -0.39 is 0 Å². The van der Waals surface area contributed by atoms with Crippen LogP contribution in [0.5, 0.6) is 5.75 Å². The van der Waals surface area contributed by atoms with Crippen molar-refractivity contribution < 1.29 is 13.9 Å². The van der Waals surface area contributed by atoms with Crippen LogP contribution in [0.15, 0.2) is 18.2 Å². The van der Waals surface area contributed by atoms with Crippen LogP contribution < -0.4 is 10.5 Å². The summed E-state index contributed by atoms with van der Waals surface area (Å²) in [4.78, 5) is 2.34. The first-order valence-corrected chi connectivity index (χ1v) is 7.18. The average molecular weight is 282 g/mol. The van der Waals surface area contributed by atoms with Gasteiger partial charge in [-0.05, 0) is 43.3 Å². The maximum atomic E-state index is 13.2. The Balaban J connectivity index is 1.93. The van der Waals surface area contributed by atoms with Crippen molar-refractivity contribution in [1.29, 1.82) is 0 Å². The average Bonchev–Trinajstić information content (AvgIpc) is 2.47. The first kappa shape index (κ1) is 15.2. The monoisotopic (exact) mass is 282 g/mol. The number of likely N-dealkylation sites (N-methyl/N-ethyl adjacent to an activating group) is 1. The fraction of sp³-hybridized carbons (Fsp3) is 0.600. The summed E-state index contributed by atoms with van der Waals surface area (Å²) >= 11 is 0. The molecule has 0 radical (unpaired) electrons. The smallest absolute Gasteiger partial charge is 0.123 e. The third-order valence-electron chi connectivity index (χ3n) is 3.53. The Bertz CT molecular complexity index is 428. The van der Waals surface area contributed by atoms with Gasteiger partial charge in [-0.1, -0.05) is 6.92 Å². The molecule has 1 aliphatic rings. The normalized spacial score (nSPS) is 20.1. The minimum Gasteiger partial charge on any atom is -0.491 e. The molecule has 1 atom stereocenters. The molecule has 112 valence electrons. The van der Waals surface area contributed by atoms with E-state index in [1.165, 1.54) is 12.1 Å². The van der Waals surface area contributed by atoms with Gasteiger partial charge in [0, 0.05) is 13.1 Å². The Morgan fingerprint density at radius 3 is 3.10 bits per heavy atom. The summed E-state index contributed by atoms with van der Waals surface area (Å²) in [6.07, 6.45) is 0.680. The summed E-state index contributed by atoms with van der Waals surface area (Å²) in [6, 6.07) is 4.57. The van der Waals surface area contributed by atoms with E-state index in [4.69, 9.17) is 15.2 Å². The van der Waals surface area contributed by atoms with Gasteiger partial charge in [-0.25, -0.2) is 4.39 Å². The van der Waals surface area contributed by atoms with E-state index in [-0.39, 0.29) is 11.9 Å². The molecule has 5 heteroatoms. The third kappa shape index (κ3) is 4.16. The van der Waals surface area contributed by atoms with Crippen molar-refractivity contribution in [2.24, 2.45) is 5.73 Å². The van der Waals surface area contributed by atoms with E-state index in [0.717, 1.165) is 31.8 Å². The molecule has 4 nitrogen and oxygen atoms in total. The van der Waals surface area contributed by atoms with Crippen LogP contribution in [0.3, 0.4) is 0 Å². The van der Waals surface area contributed by atoms with Gasteiger partial charge in [0.2, 0.25) is 0 Å². The van der Waals surface area contributed by atoms with Crippen LogP contribution in [0.2, 0.25) is 0 Å². The van der Waals surface area contributed by atoms with Crippen LogP contribution >= 0.6 is 0 Å². The van der Waals surface area contributed by atoms with Gasteiger partial charge in [-0.2, -0.15) is 0 Å². The van der Waals surface area contributed by atoms with Crippen LogP contribution in [0.25, 0.3) is 0 Å². The lowest BCUT2D eigenvalue weighted by molar-refractivity contribution is -0.0465. The molecule has 1 fully saturated rings. The quantitative estimate of drug-likeness (QED) is 0.857. The lowest BCUT2D eigenvalue weighted by Gasteiger charge is -2.32. The second kappa shape index (κ2) is 7.57. The molecule has 2 rings (SSSR count). The zero-order chi connectivity index (χ0) is 14.4. The van der Waals surface area contributed by atoms with Gasteiger partial charge >= 0.3 is 0 Å². The first-order chi connectivity index (χ1) is 9.72. The largest absolute Gasteiger partial charge is 0.491 e. The summed E-state index contributed by atoms with van der Waals surface area (Å²) in [7, 11) is 0. The molecule has 0 spiro atoms. The van der Waals surface area contributed by atoms with Gasteiger partial charge in [0.1, 0.15) is 24.3 Å². The minimum absolute atomic E-state index is 0.0690. The summed E-state index contributed by atoms with van der Waals surface area (Å²) < 4.78 is 24.7. The van der Waals surface area contributed by atoms with Crippen molar-refractivity contribution in [3.8, 4) is 5.75 Å². The van der Waals surface area contributed by atoms with E-state index in [0.29, 0.717) is 25.3 Å². The summed E-state index contributed by atoms with van der Waals surface area (Å²) in [5, 5.41) is 0. The lowest BCUT2D eigenvalue weighted by Crippen LogP contribution is -2.44. The molecule has 1 unspecified atom stereocenters. The molecule has 1 saturated heterocycles. The number of hydrogen-bond donors (Lipinski definition) is 1. The Labute approximate surface area is 119 Å². The summed E-state index contributed by atoms with van der Waals surface area (Å²) in [5.41, 5.74) is 6.36. The fourth-order valence-corrected chi connectivity index (χ4v) is 2.39. The topological polar surface area (TPSA) is 47.7 Å². The Morgan fingerprint density at radius 2 is 2.35 bits per heavy atom. The van der Waals surface area contributed by atoms with Crippen LogP contribution in [0.4, 0.5) is 4.39 Å². The molecule has 1 aliphatic heterocycles. The standard InChI is InChI=1S/C15H23FN2O2/c1-2-18-7-8-19-14(10-18)11-20-15-4-3-13(16)9-12(15)5-6-17/h3-4,9,14H,2,5-8,10-11,17H2,1H3. The zero-order valence-electron chi connectivity index (χ0n) is 12.0. The lowest BCUT2D eigenvalue weighted by atomic mass is 10.1. The van der Waals surface area contributed by atoms with E-state index >= 15 is 0 Å². The van der Waals surface area contributed by atoms with E-state index in [9.17, 15) is 4.39 Å². The Hall–Kier alpha value is -1.17. The maximum Gasteiger partial charge on any atom is 0.123 e. The van der Waals surface area contributed by atoms with Crippen molar-refractivity contribution in [3.63, 3.8) is 0 Å². The van der Waals surface area contributed by atoms with Crippen LogP contribution in [0, 0.1) is 5.82 Å². The highest BCUT2D eigenvalue weighted by Crippen LogP contribution is 2.21. The molecular weight excluding hydrogens is 259 g/mol. The van der Waals surface area contributed by atoms with E-state index in [1.807, 2.05) is 0 Å². The molecule has 1 aromatic carbocycles. The number of ether oxygens (including phenoxy) is 2. The highest BCUT2D eigenvalue weighted by atomic mass is 19.1. The van der Waals surface area contributed by atoms with Gasteiger partial charge in [0.25, 0.3) is 0 Å². The van der Waals surface area contributed by atoms with E-state index in [1.54, 1.807) is 6.07 Å². The molecule has 1 heterocycles. The van der Waals surface area contributed by atoms with Crippen LogP contribution in [-0.4, -0.2) is 50.4 Å². The van der Waals surface area contributed by atoms with Gasteiger partial charge < -0.3 is 15.2 Å². The molecule has 1 aromatic rings. The molecule has 20 heavy (non-hydrogen) atoms. The number of hydrogen-bond acceptors (Lipinski definition) is 4. The van der Waals surface area contributed by atoms with Crippen molar-refractivity contribution in [1.82, 2.24) is 4.90 Å². The molecular formula is C15H23FN2O2. The molecule has 0 aliphatic carbocycles. The van der Waals surface area contributed by atoms with Crippen molar-refractivity contribution in [2.45, 2.75) is 19.4 Å². The predicted octanol–water partition coefficient (Wildman–Crippen LogP) is 1.43. The maximum absolute atomic E-state index is 13.2. The minimum atomic E-state index is -0.258. The molecule has 0 aromatic heterocycles. The number of nitrogens with zero attached hydrogens (tertiary/aromatic N) is 1. The summed E-state index contributed by atoms with van der Waals surface area (Å²) in [5.74, 6) is 0.445. The number of halogens is 1. The van der Waals surface area contributed by atoms with Crippen molar-refractivity contribution >= 4 is 0 Å². The Morgan fingerprint density at radius 1 is 1.50 bits per heavy atom. The number of nitrogens with two attached hydrogens (primary N) is 1. The zero-order valence-corrected chi connectivity index (χ0v) is 12.0. The number of rotatable bonds is 6. The highest BCUT2D eigenvalue weighted by Gasteiger charge is 2.20.